The fourth-order valence-electron chi connectivity index (χ4n) is 2.40. The molecule has 0 saturated carbocycles. The van der Waals surface area contributed by atoms with E-state index >= 15 is 0 Å². The molecule has 1 unspecified atom stereocenters. The van der Waals surface area contributed by atoms with E-state index in [1.807, 2.05) is 12.1 Å². The predicted molar refractivity (Wildman–Crippen MR) is 81.6 cm³/mol. The first kappa shape index (κ1) is 15.6. The summed E-state index contributed by atoms with van der Waals surface area (Å²) >= 11 is 0. The van der Waals surface area contributed by atoms with E-state index in [0.717, 1.165) is 42.9 Å². The van der Waals surface area contributed by atoms with Gasteiger partial charge in [0.2, 0.25) is 5.88 Å². The standard InChI is InChI=1S/C16H17F2N3O2/c17-16(18)23-15-6-4-12(9-21-15)11-3-5-14(19-8-11)20-10-13-2-1-7-22-13/h3-6,8-9,13,16H,1-2,7,10H2,(H,19,20). The van der Waals surface area contributed by atoms with Gasteiger partial charge in [-0.2, -0.15) is 8.78 Å². The van der Waals surface area contributed by atoms with Crippen LogP contribution in [-0.4, -0.2) is 35.8 Å². The Bertz CT molecular complexity index is 614. The van der Waals surface area contributed by atoms with Gasteiger partial charge in [-0.05, 0) is 31.0 Å². The lowest BCUT2D eigenvalue weighted by molar-refractivity contribution is -0.0528. The fraction of sp³-hybridized carbons (Fsp3) is 0.375. The molecule has 3 heterocycles. The molecule has 1 fully saturated rings. The Kier molecular flexibility index (Phi) is 4.97. The first-order chi connectivity index (χ1) is 11.2. The highest BCUT2D eigenvalue weighted by molar-refractivity contribution is 5.63. The molecule has 0 bridgehead atoms. The van der Waals surface area contributed by atoms with Crippen molar-refractivity contribution in [1.82, 2.24) is 9.97 Å². The van der Waals surface area contributed by atoms with Crippen LogP contribution in [0.4, 0.5) is 14.6 Å². The molecule has 23 heavy (non-hydrogen) atoms. The second-order valence-electron chi connectivity index (χ2n) is 5.21. The molecule has 1 aliphatic heterocycles. The molecule has 0 spiro atoms. The summed E-state index contributed by atoms with van der Waals surface area (Å²) < 4.78 is 33.9. The van der Waals surface area contributed by atoms with Crippen molar-refractivity contribution in [3.8, 4) is 17.0 Å². The molecule has 5 nitrogen and oxygen atoms in total. The van der Waals surface area contributed by atoms with Crippen LogP contribution in [0.5, 0.6) is 5.88 Å². The SMILES string of the molecule is FC(F)Oc1ccc(-c2ccc(NCC3CCCO3)nc2)cn1. The first-order valence-corrected chi connectivity index (χ1v) is 7.43. The maximum atomic E-state index is 12.1. The number of hydrogen-bond donors (Lipinski definition) is 1. The zero-order valence-electron chi connectivity index (χ0n) is 12.4. The maximum absolute atomic E-state index is 12.1. The monoisotopic (exact) mass is 321 g/mol. The van der Waals surface area contributed by atoms with E-state index in [1.54, 1.807) is 12.3 Å². The van der Waals surface area contributed by atoms with E-state index in [0.29, 0.717) is 0 Å². The molecular weight excluding hydrogens is 304 g/mol. The molecule has 1 atom stereocenters. The van der Waals surface area contributed by atoms with Crippen molar-refractivity contribution in [3.63, 3.8) is 0 Å². The highest BCUT2D eigenvalue weighted by Gasteiger charge is 2.14. The van der Waals surface area contributed by atoms with Gasteiger partial charge < -0.3 is 14.8 Å². The Morgan fingerprint density at radius 1 is 1.17 bits per heavy atom. The van der Waals surface area contributed by atoms with E-state index in [-0.39, 0.29) is 12.0 Å². The summed E-state index contributed by atoms with van der Waals surface area (Å²) in [6, 6.07) is 6.84. The van der Waals surface area contributed by atoms with Crippen molar-refractivity contribution >= 4 is 5.82 Å². The number of ether oxygens (including phenoxy) is 2. The van der Waals surface area contributed by atoms with Crippen molar-refractivity contribution in [2.24, 2.45) is 0 Å². The maximum Gasteiger partial charge on any atom is 0.388 e. The van der Waals surface area contributed by atoms with Gasteiger partial charge in [0.25, 0.3) is 0 Å². The second kappa shape index (κ2) is 7.32. The molecular formula is C16H17F2N3O2. The van der Waals surface area contributed by atoms with Crippen molar-refractivity contribution in [1.29, 1.82) is 0 Å². The van der Waals surface area contributed by atoms with E-state index < -0.39 is 6.61 Å². The Hall–Kier alpha value is -2.28. The summed E-state index contributed by atoms with van der Waals surface area (Å²) in [6.45, 7) is -1.30. The summed E-state index contributed by atoms with van der Waals surface area (Å²) in [7, 11) is 0. The number of pyridine rings is 2. The Labute approximate surface area is 132 Å². The third-order valence-electron chi connectivity index (χ3n) is 3.58. The number of halogens is 2. The van der Waals surface area contributed by atoms with Crippen LogP contribution >= 0.6 is 0 Å². The summed E-state index contributed by atoms with van der Waals surface area (Å²) in [5, 5.41) is 3.24. The highest BCUT2D eigenvalue weighted by atomic mass is 19.3. The van der Waals surface area contributed by atoms with Gasteiger partial charge in [0.15, 0.2) is 0 Å². The zero-order chi connectivity index (χ0) is 16.1. The predicted octanol–water partition coefficient (Wildman–Crippen LogP) is 3.34. The summed E-state index contributed by atoms with van der Waals surface area (Å²) in [5.74, 6) is 0.668. The van der Waals surface area contributed by atoms with Crippen LogP contribution in [-0.2, 0) is 4.74 Å². The van der Waals surface area contributed by atoms with Crippen LogP contribution in [0.15, 0.2) is 36.7 Å². The Balaban J connectivity index is 1.59. The summed E-state index contributed by atoms with van der Waals surface area (Å²) in [4.78, 5) is 8.19. The van der Waals surface area contributed by atoms with E-state index in [9.17, 15) is 8.78 Å². The number of rotatable bonds is 6. The number of hydrogen-bond acceptors (Lipinski definition) is 5. The average molecular weight is 321 g/mol. The molecule has 1 aliphatic rings. The highest BCUT2D eigenvalue weighted by Crippen LogP contribution is 2.21. The van der Waals surface area contributed by atoms with E-state index in [4.69, 9.17) is 4.74 Å². The van der Waals surface area contributed by atoms with Gasteiger partial charge in [-0.15, -0.1) is 0 Å². The number of alkyl halides is 2. The van der Waals surface area contributed by atoms with Gasteiger partial charge in [-0.1, -0.05) is 0 Å². The molecule has 0 amide bonds. The van der Waals surface area contributed by atoms with Crippen LogP contribution in [0.3, 0.4) is 0 Å². The van der Waals surface area contributed by atoms with E-state index in [1.165, 1.54) is 12.3 Å². The van der Waals surface area contributed by atoms with Crippen molar-refractivity contribution in [3.05, 3.63) is 36.7 Å². The normalized spacial score (nSPS) is 17.4. The molecule has 0 radical (unpaired) electrons. The average Bonchev–Trinajstić information content (AvgIpc) is 3.07. The second-order valence-corrected chi connectivity index (χ2v) is 5.21. The molecule has 122 valence electrons. The molecule has 2 aromatic rings. The van der Waals surface area contributed by atoms with Gasteiger partial charge >= 0.3 is 6.61 Å². The molecule has 0 aliphatic carbocycles. The zero-order valence-corrected chi connectivity index (χ0v) is 12.4. The topological polar surface area (TPSA) is 56.3 Å². The lowest BCUT2D eigenvalue weighted by Gasteiger charge is -2.11. The minimum atomic E-state index is -2.87. The van der Waals surface area contributed by atoms with Crippen LogP contribution in [0.25, 0.3) is 11.1 Å². The third kappa shape index (κ3) is 4.35. The molecule has 7 heteroatoms. The third-order valence-corrected chi connectivity index (χ3v) is 3.58. The fourth-order valence-corrected chi connectivity index (χ4v) is 2.40. The largest absolute Gasteiger partial charge is 0.417 e. The lowest BCUT2D eigenvalue weighted by Crippen LogP contribution is -2.18. The molecule has 1 saturated heterocycles. The minimum Gasteiger partial charge on any atom is -0.417 e. The lowest BCUT2D eigenvalue weighted by atomic mass is 10.1. The van der Waals surface area contributed by atoms with Gasteiger partial charge in [-0.3, -0.25) is 0 Å². The summed E-state index contributed by atoms with van der Waals surface area (Å²) in [6.07, 6.45) is 5.63. The molecule has 3 rings (SSSR count). The number of nitrogens with zero attached hydrogens (tertiary/aromatic N) is 2. The van der Waals surface area contributed by atoms with Crippen LogP contribution in [0.1, 0.15) is 12.8 Å². The Morgan fingerprint density at radius 2 is 1.96 bits per heavy atom. The number of anilines is 1. The van der Waals surface area contributed by atoms with Gasteiger partial charge in [0.1, 0.15) is 5.82 Å². The minimum absolute atomic E-state index is 0.105. The van der Waals surface area contributed by atoms with Crippen LogP contribution in [0, 0.1) is 0 Å². The number of nitrogens with one attached hydrogen (secondary N) is 1. The Morgan fingerprint density at radius 3 is 2.52 bits per heavy atom. The van der Waals surface area contributed by atoms with Crippen molar-refractivity contribution < 1.29 is 18.3 Å². The van der Waals surface area contributed by atoms with E-state index in [2.05, 4.69) is 20.0 Å². The van der Waals surface area contributed by atoms with Crippen LogP contribution < -0.4 is 10.1 Å². The number of aromatic nitrogens is 2. The van der Waals surface area contributed by atoms with Crippen molar-refractivity contribution in [2.75, 3.05) is 18.5 Å². The quantitative estimate of drug-likeness (QED) is 0.884. The summed E-state index contributed by atoms with van der Waals surface area (Å²) in [5.41, 5.74) is 1.63. The van der Waals surface area contributed by atoms with Gasteiger partial charge in [-0.25, -0.2) is 9.97 Å². The van der Waals surface area contributed by atoms with Crippen LogP contribution in [0.2, 0.25) is 0 Å². The molecule has 2 aromatic heterocycles. The van der Waals surface area contributed by atoms with Crippen molar-refractivity contribution in [2.45, 2.75) is 25.6 Å². The smallest absolute Gasteiger partial charge is 0.388 e. The molecule has 0 aromatic carbocycles. The van der Waals surface area contributed by atoms with Gasteiger partial charge in [0.05, 0.1) is 6.10 Å². The first-order valence-electron chi connectivity index (χ1n) is 7.43. The van der Waals surface area contributed by atoms with Gasteiger partial charge in [0, 0.05) is 42.7 Å². The molecule has 1 N–H and O–H groups in total.